The van der Waals surface area contributed by atoms with E-state index in [1.807, 2.05) is 6.07 Å². The molecule has 0 aliphatic heterocycles. The summed E-state index contributed by atoms with van der Waals surface area (Å²) in [6, 6.07) is 10.1. The van der Waals surface area contributed by atoms with E-state index < -0.39 is 5.91 Å². The van der Waals surface area contributed by atoms with Gasteiger partial charge in [-0.05, 0) is 36.2 Å². The van der Waals surface area contributed by atoms with Crippen LogP contribution in [0.3, 0.4) is 0 Å². The number of carbonyl (C=O) groups is 2. The summed E-state index contributed by atoms with van der Waals surface area (Å²) in [6.07, 6.45) is 3.27. The molecule has 0 aliphatic rings. The van der Waals surface area contributed by atoms with Crippen LogP contribution in [0, 0.1) is 0 Å². The molecule has 0 radical (unpaired) electrons. The van der Waals surface area contributed by atoms with Gasteiger partial charge in [0.1, 0.15) is 12.1 Å². The van der Waals surface area contributed by atoms with Gasteiger partial charge in [0, 0.05) is 18.4 Å². The normalized spacial score (nSPS) is 10.3. The van der Waals surface area contributed by atoms with Gasteiger partial charge in [-0.15, -0.1) is 0 Å². The molecule has 0 spiro atoms. The van der Waals surface area contributed by atoms with Crippen LogP contribution in [-0.2, 0) is 6.42 Å². The fourth-order valence-corrected chi connectivity index (χ4v) is 2.29. The Labute approximate surface area is 148 Å². The molecule has 0 atom stereocenters. The minimum Gasteiger partial charge on any atom is -0.505 e. The van der Waals surface area contributed by atoms with Crippen molar-refractivity contribution < 1.29 is 14.7 Å². The van der Waals surface area contributed by atoms with E-state index in [1.165, 1.54) is 18.6 Å². The number of H-pyrrole nitrogens is 1. The Bertz CT molecular complexity index is 910. The van der Waals surface area contributed by atoms with Crippen molar-refractivity contribution in [3.63, 3.8) is 0 Å². The third-order valence-corrected chi connectivity index (χ3v) is 3.52. The molecule has 0 bridgehead atoms. The van der Waals surface area contributed by atoms with Crippen LogP contribution >= 0.6 is 0 Å². The molecule has 4 N–H and O–H groups in total. The lowest BCUT2D eigenvalue weighted by molar-refractivity contribution is 0.0943. The van der Waals surface area contributed by atoms with Crippen molar-refractivity contribution >= 4 is 17.5 Å². The number of nitrogens with zero attached hydrogens (tertiary/aromatic N) is 3. The van der Waals surface area contributed by atoms with Crippen molar-refractivity contribution in [2.75, 3.05) is 11.9 Å². The molecule has 9 heteroatoms. The first-order valence-electron chi connectivity index (χ1n) is 7.81. The van der Waals surface area contributed by atoms with Gasteiger partial charge >= 0.3 is 0 Å². The summed E-state index contributed by atoms with van der Waals surface area (Å²) in [7, 11) is 0. The molecule has 26 heavy (non-hydrogen) atoms. The van der Waals surface area contributed by atoms with Gasteiger partial charge in [0.15, 0.2) is 5.69 Å². The van der Waals surface area contributed by atoms with Gasteiger partial charge in [0.2, 0.25) is 5.82 Å². The van der Waals surface area contributed by atoms with Crippen LogP contribution in [0.15, 0.2) is 48.9 Å². The number of nitrogens with one attached hydrogen (secondary N) is 3. The highest BCUT2D eigenvalue weighted by Gasteiger charge is 2.12. The minimum absolute atomic E-state index is 0.0442. The molecule has 0 saturated carbocycles. The molecule has 0 fully saturated rings. The zero-order valence-corrected chi connectivity index (χ0v) is 13.6. The van der Waals surface area contributed by atoms with Crippen molar-refractivity contribution in [1.82, 2.24) is 25.5 Å². The van der Waals surface area contributed by atoms with E-state index in [-0.39, 0.29) is 23.2 Å². The molecular weight excluding hydrogens is 336 g/mol. The van der Waals surface area contributed by atoms with Crippen LogP contribution in [0.5, 0.6) is 5.75 Å². The number of rotatable bonds is 6. The number of pyridine rings is 1. The van der Waals surface area contributed by atoms with Crippen LogP contribution in [0.1, 0.15) is 26.7 Å². The molecule has 2 aromatic heterocycles. The van der Waals surface area contributed by atoms with Crippen LogP contribution in [-0.4, -0.2) is 43.6 Å². The molecular formula is C17H16N6O3. The number of hydrogen-bond acceptors (Lipinski definition) is 6. The molecule has 0 aliphatic carbocycles. The zero-order chi connectivity index (χ0) is 18.4. The van der Waals surface area contributed by atoms with Crippen molar-refractivity contribution in [3.05, 3.63) is 66.0 Å². The van der Waals surface area contributed by atoms with E-state index in [2.05, 4.69) is 30.8 Å². The van der Waals surface area contributed by atoms with E-state index in [9.17, 15) is 14.7 Å². The van der Waals surface area contributed by atoms with Crippen molar-refractivity contribution in [3.8, 4) is 5.75 Å². The third-order valence-electron chi connectivity index (χ3n) is 3.52. The second kappa shape index (κ2) is 7.88. The molecule has 2 heterocycles. The number of carbonyl (C=O) groups excluding carboxylic acids is 2. The summed E-state index contributed by atoms with van der Waals surface area (Å²) in [4.78, 5) is 31.6. The molecule has 9 nitrogen and oxygen atoms in total. The predicted octanol–water partition coefficient (Wildman–Crippen LogP) is 1.13. The van der Waals surface area contributed by atoms with Gasteiger partial charge in [-0.2, -0.15) is 5.10 Å². The highest BCUT2D eigenvalue weighted by Crippen LogP contribution is 2.16. The van der Waals surface area contributed by atoms with E-state index in [4.69, 9.17) is 0 Å². The lowest BCUT2D eigenvalue weighted by atomic mass is 10.1. The Morgan fingerprint density at radius 1 is 1.12 bits per heavy atom. The largest absolute Gasteiger partial charge is 0.505 e. The smallest absolute Gasteiger partial charge is 0.288 e. The highest BCUT2D eigenvalue weighted by atomic mass is 16.3. The average Bonchev–Trinajstić information content (AvgIpc) is 3.17. The summed E-state index contributed by atoms with van der Waals surface area (Å²) in [5, 5.41) is 21.2. The van der Waals surface area contributed by atoms with E-state index in [1.54, 1.807) is 24.3 Å². The molecule has 0 saturated heterocycles. The van der Waals surface area contributed by atoms with Gasteiger partial charge < -0.3 is 15.7 Å². The second-order valence-electron chi connectivity index (χ2n) is 5.37. The first-order chi connectivity index (χ1) is 12.6. The molecule has 0 unspecified atom stereocenters. The van der Waals surface area contributed by atoms with E-state index >= 15 is 0 Å². The minimum atomic E-state index is -0.501. The SMILES string of the molecule is O=C(NCCc1cccc(NC(=O)c2ncccc2O)c1)c1ncn[nH]1. The van der Waals surface area contributed by atoms with Gasteiger partial charge in [-0.25, -0.2) is 9.97 Å². The number of anilines is 1. The number of aromatic amines is 1. The fourth-order valence-electron chi connectivity index (χ4n) is 2.29. The molecule has 2 amide bonds. The van der Waals surface area contributed by atoms with Crippen molar-refractivity contribution in [2.45, 2.75) is 6.42 Å². The number of amides is 2. The predicted molar refractivity (Wildman–Crippen MR) is 92.7 cm³/mol. The summed E-state index contributed by atoms with van der Waals surface area (Å²) in [6.45, 7) is 0.401. The first-order valence-corrected chi connectivity index (χ1v) is 7.81. The molecule has 1 aromatic carbocycles. The summed E-state index contributed by atoms with van der Waals surface area (Å²) in [5.74, 6) is -0.867. The van der Waals surface area contributed by atoms with Gasteiger partial charge in [0.25, 0.3) is 11.8 Å². The molecule has 3 rings (SSSR count). The van der Waals surface area contributed by atoms with Crippen LogP contribution < -0.4 is 10.6 Å². The Kier molecular flexibility index (Phi) is 5.18. The average molecular weight is 352 g/mol. The van der Waals surface area contributed by atoms with Crippen molar-refractivity contribution in [2.24, 2.45) is 0 Å². The van der Waals surface area contributed by atoms with E-state index in [0.717, 1.165) is 5.56 Å². The Balaban J connectivity index is 1.57. The lowest BCUT2D eigenvalue weighted by Gasteiger charge is -2.08. The molecule has 3 aromatic rings. The van der Waals surface area contributed by atoms with Crippen molar-refractivity contribution in [1.29, 1.82) is 0 Å². The Hall–Kier alpha value is -3.75. The van der Waals surface area contributed by atoms with Crippen LogP contribution in [0.4, 0.5) is 5.69 Å². The number of aromatic hydroxyl groups is 1. The second-order valence-corrected chi connectivity index (χ2v) is 5.37. The number of hydrogen-bond donors (Lipinski definition) is 4. The maximum atomic E-state index is 12.2. The number of aromatic nitrogens is 4. The highest BCUT2D eigenvalue weighted by molar-refractivity contribution is 6.04. The van der Waals surface area contributed by atoms with Gasteiger partial charge in [0.05, 0.1) is 0 Å². The van der Waals surface area contributed by atoms with Gasteiger partial charge in [-0.1, -0.05) is 12.1 Å². The monoisotopic (exact) mass is 352 g/mol. The van der Waals surface area contributed by atoms with Gasteiger partial charge in [-0.3, -0.25) is 14.7 Å². The standard InChI is InChI=1S/C17H16N6O3/c24-13-5-2-7-18-14(13)16(25)22-12-4-1-3-11(9-12)6-8-19-17(26)15-20-10-21-23-15/h1-5,7,9-10,24H,6,8H2,(H,19,26)(H,22,25)(H,20,21,23). The summed E-state index contributed by atoms with van der Waals surface area (Å²) in [5.41, 5.74) is 1.45. The van der Waals surface area contributed by atoms with Crippen LogP contribution in [0.2, 0.25) is 0 Å². The Morgan fingerprint density at radius 3 is 2.77 bits per heavy atom. The quantitative estimate of drug-likeness (QED) is 0.526. The van der Waals surface area contributed by atoms with E-state index in [0.29, 0.717) is 18.7 Å². The fraction of sp³-hybridized carbons (Fsp3) is 0.118. The topological polar surface area (TPSA) is 133 Å². The maximum Gasteiger partial charge on any atom is 0.288 e. The third kappa shape index (κ3) is 4.20. The molecule has 132 valence electrons. The number of benzene rings is 1. The summed E-state index contributed by atoms with van der Waals surface area (Å²) >= 11 is 0. The Morgan fingerprint density at radius 2 is 2.00 bits per heavy atom. The summed E-state index contributed by atoms with van der Waals surface area (Å²) < 4.78 is 0. The zero-order valence-electron chi connectivity index (χ0n) is 13.6. The first kappa shape index (κ1) is 17.1. The van der Waals surface area contributed by atoms with Crippen LogP contribution in [0.25, 0.3) is 0 Å². The lowest BCUT2D eigenvalue weighted by Crippen LogP contribution is -2.26. The maximum absolute atomic E-state index is 12.2.